The smallest absolute Gasteiger partial charge is 0.126 e. The molecule has 3 fully saturated rings. The van der Waals surface area contributed by atoms with Gasteiger partial charge in [-0.15, -0.1) is 0 Å². The third-order valence-electron chi connectivity index (χ3n) is 6.56. The zero-order valence-corrected chi connectivity index (χ0v) is 11.4. The maximum Gasteiger partial charge on any atom is 0.126 e. The first-order chi connectivity index (χ1) is 8.44. The predicted molar refractivity (Wildman–Crippen MR) is 67.2 cm³/mol. The highest BCUT2D eigenvalue weighted by atomic mass is 16.6. The summed E-state index contributed by atoms with van der Waals surface area (Å²) in [6.45, 7) is 7.46. The number of epoxide rings is 1. The molecule has 3 heteroatoms. The highest BCUT2D eigenvalue weighted by Gasteiger charge is 2.80. The Morgan fingerprint density at radius 3 is 2.78 bits per heavy atom. The zero-order valence-electron chi connectivity index (χ0n) is 11.4. The van der Waals surface area contributed by atoms with Crippen LogP contribution in [0.2, 0.25) is 0 Å². The summed E-state index contributed by atoms with van der Waals surface area (Å²) >= 11 is 0. The van der Waals surface area contributed by atoms with Gasteiger partial charge in [-0.3, -0.25) is 0 Å². The molecule has 1 N–H and O–H groups in total. The average molecular weight is 250 g/mol. The van der Waals surface area contributed by atoms with Crippen molar-refractivity contribution >= 4 is 0 Å². The van der Waals surface area contributed by atoms with E-state index in [1.165, 1.54) is 5.57 Å². The van der Waals surface area contributed by atoms with Gasteiger partial charge in [-0.2, -0.15) is 0 Å². The van der Waals surface area contributed by atoms with E-state index in [1.54, 1.807) is 0 Å². The fourth-order valence-corrected chi connectivity index (χ4v) is 4.88. The van der Waals surface area contributed by atoms with E-state index in [4.69, 9.17) is 9.47 Å². The average Bonchev–Trinajstić information content (AvgIpc) is 3.08. The molecule has 100 valence electrons. The van der Waals surface area contributed by atoms with Gasteiger partial charge < -0.3 is 14.6 Å². The maximum atomic E-state index is 10.6. The summed E-state index contributed by atoms with van der Waals surface area (Å²) in [5.41, 5.74) is 1.05. The van der Waals surface area contributed by atoms with Crippen molar-refractivity contribution in [3.63, 3.8) is 0 Å². The summed E-state index contributed by atoms with van der Waals surface area (Å²) in [6.07, 6.45) is 5.14. The van der Waals surface area contributed by atoms with E-state index in [-0.39, 0.29) is 34.7 Å². The lowest BCUT2D eigenvalue weighted by Gasteiger charge is -2.57. The van der Waals surface area contributed by atoms with Crippen molar-refractivity contribution in [3.05, 3.63) is 11.6 Å². The second-order valence-corrected chi connectivity index (χ2v) is 7.11. The molecule has 6 atom stereocenters. The molecule has 0 radical (unpaired) electrons. The minimum absolute atomic E-state index is 0.00454. The topological polar surface area (TPSA) is 42.0 Å². The first-order valence-corrected chi connectivity index (χ1v) is 7.09. The quantitative estimate of drug-likeness (QED) is 0.528. The summed E-state index contributed by atoms with van der Waals surface area (Å²) in [6, 6.07) is 0. The van der Waals surface area contributed by atoms with Crippen LogP contribution < -0.4 is 0 Å². The molecule has 1 saturated carbocycles. The van der Waals surface area contributed by atoms with Crippen LogP contribution in [0, 0.1) is 10.8 Å². The minimum Gasteiger partial charge on any atom is -0.392 e. The number of hydrogen-bond donors (Lipinski definition) is 1. The third kappa shape index (κ3) is 0.972. The van der Waals surface area contributed by atoms with Crippen LogP contribution in [-0.2, 0) is 9.47 Å². The standard InChI is InChI=1S/C15H22O3/c1-9-4-5-13(2)11(6-9)18-12-7-10(16)14(13,3)15(12)8-17-15/h6,10-12,16H,4-5,7-8H2,1-3H3/t10-,11+,12+,13-,14+,15?/m0/s1. The van der Waals surface area contributed by atoms with Crippen LogP contribution in [0.5, 0.6) is 0 Å². The lowest BCUT2D eigenvalue weighted by Crippen LogP contribution is -2.63. The van der Waals surface area contributed by atoms with Crippen molar-refractivity contribution in [3.8, 4) is 0 Å². The van der Waals surface area contributed by atoms with Crippen molar-refractivity contribution < 1.29 is 14.6 Å². The van der Waals surface area contributed by atoms with E-state index in [0.717, 1.165) is 25.9 Å². The number of aliphatic hydroxyl groups excluding tert-OH is 1. The van der Waals surface area contributed by atoms with Crippen molar-refractivity contribution in [2.75, 3.05) is 6.61 Å². The van der Waals surface area contributed by atoms with Gasteiger partial charge >= 0.3 is 0 Å². The van der Waals surface area contributed by atoms with Gasteiger partial charge in [0.25, 0.3) is 0 Å². The Morgan fingerprint density at radius 2 is 2.11 bits per heavy atom. The van der Waals surface area contributed by atoms with Gasteiger partial charge in [0, 0.05) is 17.3 Å². The highest BCUT2D eigenvalue weighted by Crippen LogP contribution is 2.71. The molecule has 0 aromatic carbocycles. The summed E-state index contributed by atoms with van der Waals surface area (Å²) < 4.78 is 12.1. The van der Waals surface area contributed by atoms with Gasteiger partial charge in [0.1, 0.15) is 5.60 Å². The zero-order chi connectivity index (χ0) is 12.8. The molecule has 2 bridgehead atoms. The predicted octanol–water partition coefficient (Wildman–Crippen LogP) is 2.04. The van der Waals surface area contributed by atoms with Gasteiger partial charge in [0.2, 0.25) is 0 Å². The summed E-state index contributed by atoms with van der Waals surface area (Å²) in [4.78, 5) is 0. The van der Waals surface area contributed by atoms with Gasteiger partial charge in [0.15, 0.2) is 0 Å². The number of allylic oxidation sites excluding steroid dienone is 1. The summed E-state index contributed by atoms with van der Waals surface area (Å²) in [7, 11) is 0. The monoisotopic (exact) mass is 250 g/mol. The van der Waals surface area contributed by atoms with E-state index in [1.807, 2.05) is 0 Å². The van der Waals surface area contributed by atoms with Gasteiger partial charge in [-0.1, -0.05) is 25.5 Å². The molecule has 1 unspecified atom stereocenters. The Morgan fingerprint density at radius 1 is 1.39 bits per heavy atom. The first kappa shape index (κ1) is 11.4. The van der Waals surface area contributed by atoms with Crippen LogP contribution in [-0.4, -0.2) is 35.6 Å². The van der Waals surface area contributed by atoms with E-state index < -0.39 is 0 Å². The van der Waals surface area contributed by atoms with Crippen molar-refractivity contribution in [1.29, 1.82) is 0 Å². The summed E-state index contributed by atoms with van der Waals surface area (Å²) in [5.74, 6) is 0. The van der Waals surface area contributed by atoms with Crippen molar-refractivity contribution in [2.45, 2.75) is 63.9 Å². The van der Waals surface area contributed by atoms with Gasteiger partial charge in [-0.25, -0.2) is 0 Å². The highest BCUT2D eigenvalue weighted by molar-refractivity contribution is 5.31. The van der Waals surface area contributed by atoms with E-state index in [2.05, 4.69) is 26.8 Å². The molecule has 0 aromatic heterocycles. The Balaban J connectivity index is 1.88. The molecule has 0 aromatic rings. The largest absolute Gasteiger partial charge is 0.392 e. The molecule has 2 aliphatic heterocycles. The van der Waals surface area contributed by atoms with Crippen LogP contribution in [0.1, 0.15) is 40.0 Å². The number of hydrogen-bond acceptors (Lipinski definition) is 3. The van der Waals surface area contributed by atoms with E-state index in [0.29, 0.717) is 0 Å². The molecule has 2 heterocycles. The lowest BCUT2D eigenvalue weighted by molar-refractivity contribution is -0.204. The van der Waals surface area contributed by atoms with Crippen LogP contribution >= 0.6 is 0 Å². The molecular weight excluding hydrogens is 228 g/mol. The van der Waals surface area contributed by atoms with E-state index in [9.17, 15) is 5.11 Å². The minimum atomic E-state index is -0.299. The van der Waals surface area contributed by atoms with Crippen LogP contribution in [0.25, 0.3) is 0 Å². The third-order valence-corrected chi connectivity index (χ3v) is 6.56. The maximum absolute atomic E-state index is 10.6. The molecule has 18 heavy (non-hydrogen) atoms. The number of ether oxygens (including phenoxy) is 2. The van der Waals surface area contributed by atoms with Crippen molar-refractivity contribution in [1.82, 2.24) is 0 Å². The van der Waals surface area contributed by atoms with Crippen LogP contribution in [0.15, 0.2) is 11.6 Å². The van der Waals surface area contributed by atoms with Crippen molar-refractivity contribution in [2.24, 2.45) is 10.8 Å². The Labute approximate surface area is 108 Å². The molecule has 2 saturated heterocycles. The molecule has 2 aliphatic carbocycles. The Kier molecular flexibility index (Phi) is 1.92. The molecule has 1 spiro atoms. The van der Waals surface area contributed by atoms with Gasteiger partial charge in [-0.05, 0) is 19.8 Å². The number of rotatable bonds is 0. The van der Waals surface area contributed by atoms with E-state index >= 15 is 0 Å². The number of aliphatic hydroxyl groups is 1. The second kappa shape index (κ2) is 3.02. The SMILES string of the molecule is CC1=C[C@H]2O[C@@H]3C[C@H](O)[C@@](C)(C34CO4)[C@@]2(C)CC1. The van der Waals surface area contributed by atoms with Crippen LogP contribution in [0.3, 0.4) is 0 Å². The molecule has 4 rings (SSSR count). The van der Waals surface area contributed by atoms with Gasteiger partial charge in [0.05, 0.1) is 24.9 Å². The molecule has 0 amide bonds. The lowest BCUT2D eigenvalue weighted by atomic mass is 9.52. The molecular formula is C15H22O3. The summed E-state index contributed by atoms with van der Waals surface area (Å²) in [5, 5.41) is 10.6. The number of fused-ring (bicyclic) bond motifs is 2. The normalized spacial score (nSPS) is 61.6. The Hall–Kier alpha value is -0.380. The fourth-order valence-electron chi connectivity index (χ4n) is 4.88. The fraction of sp³-hybridized carbons (Fsp3) is 0.867. The molecule has 3 nitrogen and oxygen atoms in total. The first-order valence-electron chi connectivity index (χ1n) is 7.09. The van der Waals surface area contributed by atoms with Crippen LogP contribution in [0.4, 0.5) is 0 Å². The molecule has 4 aliphatic rings. The Bertz CT molecular complexity index is 439. The second-order valence-electron chi connectivity index (χ2n) is 7.11.